The van der Waals surface area contributed by atoms with Gasteiger partial charge in [0.2, 0.25) is 0 Å². The van der Waals surface area contributed by atoms with E-state index in [-0.39, 0.29) is 0 Å². The molecule has 1 aromatic carbocycles. The van der Waals surface area contributed by atoms with Gasteiger partial charge in [-0.25, -0.2) is 0 Å². The lowest BCUT2D eigenvalue weighted by atomic mass is 10.1. The van der Waals surface area contributed by atoms with Crippen molar-refractivity contribution in [2.75, 3.05) is 11.9 Å². The minimum absolute atomic E-state index is 0.366. The predicted octanol–water partition coefficient (Wildman–Crippen LogP) is 1.76. The summed E-state index contributed by atoms with van der Waals surface area (Å²) in [4.78, 5) is 10.7. The van der Waals surface area contributed by atoms with Crippen molar-refractivity contribution in [1.82, 2.24) is 10.2 Å². The van der Waals surface area contributed by atoms with Gasteiger partial charge in [-0.2, -0.15) is 10.2 Å². The first-order valence-corrected chi connectivity index (χ1v) is 5.35. The summed E-state index contributed by atoms with van der Waals surface area (Å²) < 4.78 is 0. The van der Waals surface area contributed by atoms with Gasteiger partial charge in [0.1, 0.15) is 0 Å². The maximum absolute atomic E-state index is 10.7. The molecule has 0 aliphatic carbocycles. The Bertz CT molecular complexity index is 537. The van der Waals surface area contributed by atoms with Crippen molar-refractivity contribution in [3.05, 3.63) is 30.5 Å². The van der Waals surface area contributed by atoms with Crippen molar-refractivity contribution in [2.24, 2.45) is 5.92 Å². The van der Waals surface area contributed by atoms with Gasteiger partial charge in [0.15, 0.2) is 0 Å². The summed E-state index contributed by atoms with van der Waals surface area (Å²) in [7, 11) is 0. The van der Waals surface area contributed by atoms with Gasteiger partial charge in [0, 0.05) is 11.9 Å². The normalized spacial score (nSPS) is 12.3. The molecule has 0 spiro atoms. The molecule has 2 N–H and O–H groups in total. The van der Waals surface area contributed by atoms with Gasteiger partial charge in [-0.05, 0) is 6.07 Å². The van der Waals surface area contributed by atoms with Crippen molar-refractivity contribution < 1.29 is 9.90 Å². The minimum atomic E-state index is -0.816. The number of anilines is 1. The van der Waals surface area contributed by atoms with Crippen LogP contribution in [0.2, 0.25) is 0 Å². The fraction of sp³-hybridized carbons (Fsp3) is 0.250. The monoisotopic (exact) mass is 231 g/mol. The lowest BCUT2D eigenvalue weighted by molar-refractivity contribution is -0.140. The van der Waals surface area contributed by atoms with Gasteiger partial charge in [-0.1, -0.05) is 25.1 Å². The molecule has 2 rings (SSSR count). The van der Waals surface area contributed by atoms with Crippen LogP contribution in [-0.4, -0.2) is 27.8 Å². The molecule has 0 amide bonds. The maximum atomic E-state index is 10.7. The largest absolute Gasteiger partial charge is 0.481 e. The smallest absolute Gasteiger partial charge is 0.308 e. The number of carbonyl (C=O) groups is 1. The van der Waals surface area contributed by atoms with E-state index in [1.165, 1.54) is 0 Å². The molecule has 5 heteroatoms. The van der Waals surface area contributed by atoms with Crippen LogP contribution >= 0.6 is 0 Å². The van der Waals surface area contributed by atoms with Gasteiger partial charge in [-0.3, -0.25) is 4.79 Å². The molecule has 2 aromatic rings. The number of fused-ring (bicyclic) bond motifs is 1. The molecule has 1 heterocycles. The second kappa shape index (κ2) is 4.78. The quantitative estimate of drug-likeness (QED) is 0.838. The number of nitrogens with one attached hydrogen (secondary N) is 1. The molecule has 0 aliphatic heterocycles. The van der Waals surface area contributed by atoms with E-state index in [0.29, 0.717) is 6.54 Å². The number of hydrogen-bond donors (Lipinski definition) is 2. The van der Waals surface area contributed by atoms with Gasteiger partial charge in [0.05, 0.1) is 23.3 Å². The summed E-state index contributed by atoms with van der Waals surface area (Å²) in [5.74, 6) is -1.26. The van der Waals surface area contributed by atoms with Crippen LogP contribution in [-0.2, 0) is 4.79 Å². The Morgan fingerprint density at radius 2 is 2.24 bits per heavy atom. The first kappa shape index (κ1) is 11.3. The second-order valence-electron chi connectivity index (χ2n) is 3.90. The van der Waals surface area contributed by atoms with Crippen LogP contribution in [0.5, 0.6) is 0 Å². The van der Waals surface area contributed by atoms with E-state index in [2.05, 4.69) is 15.5 Å². The first-order chi connectivity index (χ1) is 8.18. The van der Waals surface area contributed by atoms with Crippen molar-refractivity contribution in [2.45, 2.75) is 6.92 Å². The molecule has 0 bridgehead atoms. The second-order valence-corrected chi connectivity index (χ2v) is 3.90. The fourth-order valence-electron chi connectivity index (χ4n) is 1.50. The van der Waals surface area contributed by atoms with Crippen LogP contribution in [0.25, 0.3) is 10.9 Å². The molecule has 0 radical (unpaired) electrons. The third kappa shape index (κ3) is 2.50. The van der Waals surface area contributed by atoms with Crippen molar-refractivity contribution in [1.29, 1.82) is 0 Å². The number of carboxylic acid groups (broad SMARTS) is 1. The fourth-order valence-corrected chi connectivity index (χ4v) is 1.50. The molecule has 1 atom stereocenters. The highest BCUT2D eigenvalue weighted by Crippen LogP contribution is 2.19. The molecule has 0 saturated heterocycles. The van der Waals surface area contributed by atoms with Crippen LogP contribution in [0.4, 0.5) is 5.69 Å². The van der Waals surface area contributed by atoms with Crippen LogP contribution in [0.3, 0.4) is 0 Å². The average Bonchev–Trinajstić information content (AvgIpc) is 2.35. The third-order valence-corrected chi connectivity index (χ3v) is 2.57. The molecule has 1 unspecified atom stereocenters. The van der Waals surface area contributed by atoms with E-state index in [1.54, 1.807) is 13.1 Å². The number of aromatic nitrogens is 2. The Balaban J connectivity index is 2.21. The first-order valence-electron chi connectivity index (χ1n) is 5.35. The summed E-state index contributed by atoms with van der Waals surface area (Å²) in [5, 5.41) is 20.7. The van der Waals surface area contributed by atoms with Gasteiger partial charge < -0.3 is 10.4 Å². The molecule has 1 aromatic heterocycles. The molecule has 0 fully saturated rings. The zero-order valence-corrected chi connectivity index (χ0v) is 9.42. The highest BCUT2D eigenvalue weighted by molar-refractivity contribution is 5.90. The average molecular weight is 231 g/mol. The van der Waals surface area contributed by atoms with Crippen LogP contribution in [0.15, 0.2) is 30.5 Å². The Morgan fingerprint density at radius 1 is 1.47 bits per heavy atom. The van der Waals surface area contributed by atoms with E-state index in [0.717, 1.165) is 16.6 Å². The summed E-state index contributed by atoms with van der Waals surface area (Å²) in [6.07, 6.45) is 1.61. The Kier molecular flexibility index (Phi) is 3.18. The van der Waals surface area contributed by atoms with Crippen molar-refractivity contribution >= 4 is 22.6 Å². The summed E-state index contributed by atoms with van der Waals surface area (Å²) in [6.45, 7) is 2.02. The van der Waals surface area contributed by atoms with Crippen LogP contribution in [0, 0.1) is 5.92 Å². The standard InChI is InChI=1S/C12H13N3O2/c1-8(12(16)17)6-13-11-7-14-15-10-5-3-2-4-9(10)11/h2-5,7-8H,6H2,1H3,(H,13,15)(H,16,17). The molecule has 0 saturated carbocycles. The Labute approximate surface area is 98.5 Å². The lowest BCUT2D eigenvalue weighted by Gasteiger charge is -2.10. The number of hydrogen-bond acceptors (Lipinski definition) is 4. The number of benzene rings is 1. The number of carboxylic acids is 1. The zero-order chi connectivity index (χ0) is 12.3. The Hall–Kier alpha value is -2.17. The van der Waals surface area contributed by atoms with Gasteiger partial charge in [0.25, 0.3) is 0 Å². The number of rotatable bonds is 4. The van der Waals surface area contributed by atoms with E-state index >= 15 is 0 Å². The summed E-state index contributed by atoms with van der Waals surface area (Å²) >= 11 is 0. The molecule has 0 aliphatic rings. The molecular weight excluding hydrogens is 218 g/mol. The highest BCUT2D eigenvalue weighted by atomic mass is 16.4. The minimum Gasteiger partial charge on any atom is -0.481 e. The Morgan fingerprint density at radius 3 is 3.00 bits per heavy atom. The molecule has 88 valence electrons. The van der Waals surface area contributed by atoms with E-state index in [4.69, 9.17) is 5.11 Å². The lowest BCUT2D eigenvalue weighted by Crippen LogP contribution is -2.19. The number of aliphatic carboxylic acids is 1. The van der Waals surface area contributed by atoms with Crippen molar-refractivity contribution in [3.8, 4) is 0 Å². The summed E-state index contributed by atoms with van der Waals surface area (Å²) in [5.41, 5.74) is 1.60. The van der Waals surface area contributed by atoms with E-state index < -0.39 is 11.9 Å². The number of nitrogens with zero attached hydrogens (tertiary/aromatic N) is 2. The van der Waals surface area contributed by atoms with Crippen LogP contribution in [0.1, 0.15) is 6.92 Å². The molecular formula is C12H13N3O2. The third-order valence-electron chi connectivity index (χ3n) is 2.57. The van der Waals surface area contributed by atoms with Crippen molar-refractivity contribution in [3.63, 3.8) is 0 Å². The summed E-state index contributed by atoms with van der Waals surface area (Å²) in [6, 6.07) is 7.60. The predicted molar refractivity (Wildman–Crippen MR) is 64.8 cm³/mol. The van der Waals surface area contributed by atoms with Gasteiger partial charge in [-0.15, -0.1) is 0 Å². The van der Waals surface area contributed by atoms with E-state index in [9.17, 15) is 4.79 Å². The molecule has 5 nitrogen and oxygen atoms in total. The van der Waals surface area contributed by atoms with Gasteiger partial charge >= 0.3 is 5.97 Å². The topological polar surface area (TPSA) is 75.1 Å². The zero-order valence-electron chi connectivity index (χ0n) is 9.42. The highest BCUT2D eigenvalue weighted by Gasteiger charge is 2.11. The van der Waals surface area contributed by atoms with E-state index in [1.807, 2.05) is 24.3 Å². The SMILES string of the molecule is CC(CNc1cnnc2ccccc12)C(=O)O. The molecule has 17 heavy (non-hydrogen) atoms. The maximum Gasteiger partial charge on any atom is 0.308 e. The van der Waals surface area contributed by atoms with Crippen LogP contribution < -0.4 is 5.32 Å².